The number of hydrogen-bond donors (Lipinski definition) is 1. The van der Waals surface area contributed by atoms with Crippen molar-refractivity contribution in [3.8, 4) is 0 Å². The van der Waals surface area contributed by atoms with E-state index in [1.807, 2.05) is 7.11 Å². The second-order valence-corrected chi connectivity index (χ2v) is 40.0. The van der Waals surface area contributed by atoms with Crippen molar-refractivity contribution in [3.05, 3.63) is 0 Å². The van der Waals surface area contributed by atoms with Gasteiger partial charge < -0.3 is 9.22 Å². The summed E-state index contributed by atoms with van der Waals surface area (Å²) >= 11 is 0. The summed E-state index contributed by atoms with van der Waals surface area (Å²) in [6, 6.07) is 0. The molecule has 1 N–H and O–H groups in total. The molecule has 144 valence electrons. The van der Waals surface area contributed by atoms with Gasteiger partial charge in [0, 0.05) is 15.7 Å². The average Bonchev–Trinajstić information content (AvgIpc) is 2.58. The molecule has 0 amide bonds. The van der Waals surface area contributed by atoms with E-state index in [1.54, 1.807) is 0 Å². The van der Waals surface area contributed by atoms with Crippen molar-refractivity contribution in [2.45, 2.75) is 100.0 Å². The predicted octanol–water partition coefficient (Wildman–Crippen LogP) is 5.85. The van der Waals surface area contributed by atoms with Gasteiger partial charge in [-0.2, -0.15) is 0 Å². The van der Waals surface area contributed by atoms with Crippen LogP contribution in [0.2, 0.25) is 87.1 Å². The molecule has 0 radical (unpaired) electrons. The first-order chi connectivity index (χ1) is 10.3. The van der Waals surface area contributed by atoms with E-state index < -0.39 is 40.9 Å². The van der Waals surface area contributed by atoms with Crippen LogP contribution < -0.4 is 0 Å². The van der Waals surface area contributed by atoms with Crippen LogP contribution in [0.5, 0.6) is 0 Å². The normalized spacial score (nSPS) is 24.2. The summed E-state index contributed by atoms with van der Waals surface area (Å²) in [5.41, 5.74) is 0. The van der Waals surface area contributed by atoms with Crippen LogP contribution in [-0.4, -0.2) is 52.8 Å². The lowest BCUT2D eigenvalue weighted by Crippen LogP contribution is -2.77. The molecule has 0 aliphatic carbocycles. The van der Waals surface area contributed by atoms with E-state index in [1.165, 1.54) is 12.8 Å². The van der Waals surface area contributed by atoms with Gasteiger partial charge in [-0.3, -0.25) is 0 Å². The molecule has 7 heteroatoms. The summed E-state index contributed by atoms with van der Waals surface area (Å²) in [5, 5.41) is 0. The van der Waals surface area contributed by atoms with Gasteiger partial charge in [0.2, 0.25) is 0 Å². The third-order valence-electron chi connectivity index (χ3n) is 7.45. The summed E-state index contributed by atoms with van der Waals surface area (Å²) in [4.78, 5) is 12.7. The summed E-state index contributed by atoms with van der Waals surface area (Å²) in [6.45, 7) is 30.1. The second kappa shape index (κ2) is 6.00. The molecule has 0 aromatic heterocycles. The fraction of sp³-hybridized carbons (Fsp3) is 1.00. The zero-order valence-corrected chi connectivity index (χ0v) is 23.8. The van der Waals surface area contributed by atoms with Gasteiger partial charge in [0.25, 0.3) is 0 Å². The molecule has 0 spiro atoms. The van der Waals surface area contributed by atoms with Gasteiger partial charge in [-0.25, -0.2) is 0 Å². The summed E-state index contributed by atoms with van der Waals surface area (Å²) in [6.07, 6.45) is 2.45. The third kappa shape index (κ3) is 2.64. The summed E-state index contributed by atoms with van der Waals surface area (Å²) in [5.74, 6) is 0. The smallest absolute Gasteiger partial charge is 0.336 e. The van der Waals surface area contributed by atoms with E-state index in [9.17, 15) is 4.80 Å². The van der Waals surface area contributed by atoms with E-state index in [0.717, 1.165) is 0 Å². The second-order valence-electron chi connectivity index (χ2n) is 12.2. The molecule has 0 bridgehead atoms. The van der Waals surface area contributed by atoms with E-state index in [0.29, 0.717) is 0 Å². The van der Waals surface area contributed by atoms with E-state index in [2.05, 4.69) is 78.6 Å². The highest BCUT2D eigenvalue weighted by Crippen LogP contribution is 2.74. The molecule has 1 aliphatic rings. The lowest BCUT2D eigenvalue weighted by Gasteiger charge is -2.62. The van der Waals surface area contributed by atoms with Crippen LogP contribution in [0, 0.1) is 0 Å². The Hall–Kier alpha value is 1.00. The number of rotatable bonds is 5. The van der Waals surface area contributed by atoms with Crippen molar-refractivity contribution < 1.29 is 9.22 Å². The first kappa shape index (κ1) is 23.0. The van der Waals surface area contributed by atoms with Crippen LogP contribution in [0.1, 0.15) is 12.8 Å². The van der Waals surface area contributed by atoms with Gasteiger partial charge in [-0.15, -0.1) is 0 Å². The fourth-order valence-electron chi connectivity index (χ4n) is 7.21. The van der Waals surface area contributed by atoms with Crippen LogP contribution in [0.25, 0.3) is 0 Å². The lowest BCUT2D eigenvalue weighted by atomic mass is 10.4. The Balaban J connectivity index is 3.99. The highest BCUT2D eigenvalue weighted by molar-refractivity contribution is 7.23. The third-order valence-corrected chi connectivity index (χ3v) is 44.2. The van der Waals surface area contributed by atoms with Gasteiger partial charge in [0.1, 0.15) is 0 Å². The van der Waals surface area contributed by atoms with Crippen molar-refractivity contribution in [2.24, 2.45) is 0 Å². The monoisotopic (exact) mass is 420 g/mol. The fourth-order valence-corrected chi connectivity index (χ4v) is 52.6. The molecule has 1 rings (SSSR count). The van der Waals surface area contributed by atoms with Crippen LogP contribution in [0.4, 0.5) is 0 Å². The van der Waals surface area contributed by atoms with Crippen LogP contribution in [-0.2, 0) is 4.43 Å². The minimum Gasteiger partial charge on any atom is -0.411 e. The minimum absolute atomic E-state index is 0.141. The molecule has 0 aromatic carbocycles. The molecule has 1 aliphatic heterocycles. The Morgan fingerprint density at radius 2 is 0.833 bits per heavy atom. The summed E-state index contributed by atoms with van der Waals surface area (Å²) in [7, 11) is -7.53. The van der Waals surface area contributed by atoms with E-state index >= 15 is 0 Å². The Labute approximate surface area is 157 Å². The molecule has 1 saturated heterocycles. The predicted molar refractivity (Wildman–Crippen MR) is 123 cm³/mol. The lowest BCUT2D eigenvalue weighted by molar-refractivity contribution is 0.274. The summed E-state index contributed by atoms with van der Waals surface area (Å²) < 4.78 is 6.75. The molecule has 0 unspecified atom stereocenters. The first-order valence-corrected chi connectivity index (χ1v) is 25.4. The zero-order valence-electron chi connectivity index (χ0n) is 18.8. The standard InChI is InChI=1S/C17H44O2Si5/c1-19-24(18)16(20(2,3)4,21(5,6)7)14-15-17(24,22(8,9)10)23(11,12)13/h18H,14-15H2,1-13H3. The van der Waals surface area contributed by atoms with Crippen molar-refractivity contribution >= 4 is 40.9 Å². The number of hydrogen-bond acceptors (Lipinski definition) is 2. The Morgan fingerprint density at radius 3 is 0.958 bits per heavy atom. The molecule has 1 fully saturated rings. The van der Waals surface area contributed by atoms with Gasteiger partial charge in [-0.1, -0.05) is 91.4 Å². The van der Waals surface area contributed by atoms with Crippen molar-refractivity contribution in [2.75, 3.05) is 7.11 Å². The molecule has 0 aromatic rings. The molecule has 2 nitrogen and oxygen atoms in total. The first-order valence-electron chi connectivity index (χ1n) is 9.54. The maximum atomic E-state index is 12.7. The van der Waals surface area contributed by atoms with Crippen molar-refractivity contribution in [1.82, 2.24) is 0 Å². The Kier molecular flexibility index (Phi) is 5.76. The maximum Gasteiger partial charge on any atom is 0.336 e. The molecular weight excluding hydrogens is 377 g/mol. The van der Waals surface area contributed by atoms with Crippen molar-refractivity contribution in [3.63, 3.8) is 0 Å². The molecule has 0 saturated carbocycles. The van der Waals surface area contributed by atoms with E-state index in [4.69, 9.17) is 4.43 Å². The van der Waals surface area contributed by atoms with Gasteiger partial charge in [0.15, 0.2) is 0 Å². The minimum atomic E-state index is -2.91. The van der Waals surface area contributed by atoms with E-state index in [-0.39, 0.29) is 8.57 Å². The topological polar surface area (TPSA) is 29.5 Å². The average molecular weight is 421 g/mol. The van der Waals surface area contributed by atoms with Crippen LogP contribution >= 0.6 is 0 Å². The van der Waals surface area contributed by atoms with Crippen LogP contribution in [0.15, 0.2) is 0 Å². The zero-order chi connectivity index (χ0) is 19.6. The quantitative estimate of drug-likeness (QED) is 0.565. The molecule has 0 atom stereocenters. The van der Waals surface area contributed by atoms with Crippen LogP contribution in [0.3, 0.4) is 0 Å². The molecular formula is C17H44O2Si5. The maximum absolute atomic E-state index is 12.7. The highest BCUT2D eigenvalue weighted by Gasteiger charge is 2.82. The molecule has 1 heterocycles. The Bertz CT molecular complexity index is 409. The van der Waals surface area contributed by atoms with Crippen molar-refractivity contribution in [1.29, 1.82) is 0 Å². The Morgan fingerprint density at radius 1 is 0.625 bits per heavy atom. The molecule has 24 heavy (non-hydrogen) atoms. The highest BCUT2D eigenvalue weighted by atomic mass is 28.5. The SMILES string of the molecule is CO[Si]1(O)C([Si](C)(C)C)([Si](C)(C)C)CCC1([Si](C)(C)C)[Si](C)(C)C. The van der Waals surface area contributed by atoms with Gasteiger partial charge in [-0.05, 0) is 0 Å². The van der Waals surface area contributed by atoms with Gasteiger partial charge >= 0.3 is 8.56 Å². The largest absolute Gasteiger partial charge is 0.411 e. The van der Waals surface area contributed by atoms with Gasteiger partial charge in [0.05, 0.1) is 32.3 Å².